The van der Waals surface area contributed by atoms with Crippen LogP contribution in [0.15, 0.2) is 48.5 Å². The summed E-state index contributed by atoms with van der Waals surface area (Å²) < 4.78 is 0. The molecule has 2 aromatic carbocycles. The fraction of sp³-hybridized carbons (Fsp3) is 0.176. The molecule has 0 saturated heterocycles. The van der Waals surface area contributed by atoms with E-state index in [-0.39, 0.29) is 17.9 Å². The smallest absolute Gasteiger partial charge is 0.251 e. The molecule has 0 saturated carbocycles. The molecule has 0 bridgehead atoms. The van der Waals surface area contributed by atoms with Gasteiger partial charge < -0.3 is 10.6 Å². The van der Waals surface area contributed by atoms with Crippen molar-refractivity contribution in [1.82, 2.24) is 5.32 Å². The van der Waals surface area contributed by atoms with Gasteiger partial charge in [-0.1, -0.05) is 23.7 Å². The minimum atomic E-state index is -0.170. The van der Waals surface area contributed by atoms with Gasteiger partial charge in [0.25, 0.3) is 5.91 Å². The van der Waals surface area contributed by atoms with Crippen molar-refractivity contribution in [2.75, 3.05) is 5.32 Å². The van der Waals surface area contributed by atoms with E-state index in [9.17, 15) is 9.59 Å². The highest BCUT2D eigenvalue weighted by atomic mass is 35.5. The van der Waals surface area contributed by atoms with E-state index in [0.717, 1.165) is 5.56 Å². The first kappa shape index (κ1) is 16.0. The summed E-state index contributed by atoms with van der Waals surface area (Å²) in [6, 6.07) is 14.0. The zero-order chi connectivity index (χ0) is 16.1. The molecule has 0 aliphatic heterocycles. The maximum Gasteiger partial charge on any atom is 0.251 e. The molecule has 5 heteroatoms. The minimum absolute atomic E-state index is 0.125. The number of nitrogens with one attached hydrogen (secondary N) is 2. The predicted octanol–water partition coefficient (Wildman–Crippen LogP) is 3.79. The fourth-order valence-corrected chi connectivity index (χ4v) is 2.15. The lowest BCUT2D eigenvalue weighted by Crippen LogP contribution is -2.26. The third-order valence-electron chi connectivity index (χ3n) is 3.19. The lowest BCUT2D eigenvalue weighted by Gasteiger charge is -2.14. The van der Waals surface area contributed by atoms with Crippen molar-refractivity contribution in [3.63, 3.8) is 0 Å². The normalized spacial score (nSPS) is 11.6. The Labute approximate surface area is 134 Å². The molecular formula is C17H17ClN2O2. The molecule has 2 rings (SSSR count). The molecular weight excluding hydrogens is 300 g/mol. The highest BCUT2D eigenvalue weighted by Gasteiger charge is 2.11. The highest BCUT2D eigenvalue weighted by Crippen LogP contribution is 2.17. The molecule has 1 atom stereocenters. The number of carbonyl (C=O) groups is 2. The molecule has 2 amide bonds. The summed E-state index contributed by atoms with van der Waals surface area (Å²) in [5, 5.41) is 6.25. The average molecular weight is 317 g/mol. The summed E-state index contributed by atoms with van der Waals surface area (Å²) in [6.45, 7) is 3.35. The minimum Gasteiger partial charge on any atom is -0.346 e. The lowest BCUT2D eigenvalue weighted by atomic mass is 10.1. The van der Waals surface area contributed by atoms with E-state index < -0.39 is 0 Å². The van der Waals surface area contributed by atoms with Crippen LogP contribution < -0.4 is 10.6 Å². The van der Waals surface area contributed by atoms with Gasteiger partial charge in [-0.3, -0.25) is 9.59 Å². The number of halogens is 1. The van der Waals surface area contributed by atoms with E-state index >= 15 is 0 Å². The van der Waals surface area contributed by atoms with Crippen molar-refractivity contribution in [2.45, 2.75) is 19.9 Å². The Hall–Kier alpha value is -2.33. The number of amides is 2. The molecule has 0 fully saturated rings. The van der Waals surface area contributed by atoms with Gasteiger partial charge in [-0.25, -0.2) is 0 Å². The number of benzene rings is 2. The van der Waals surface area contributed by atoms with Crippen LogP contribution in [0.1, 0.15) is 35.8 Å². The van der Waals surface area contributed by atoms with Gasteiger partial charge >= 0.3 is 0 Å². The van der Waals surface area contributed by atoms with Gasteiger partial charge in [-0.2, -0.15) is 0 Å². The summed E-state index contributed by atoms with van der Waals surface area (Å²) in [5.74, 6) is -0.314. The Bertz CT molecular complexity index is 666. The maximum absolute atomic E-state index is 12.2. The largest absolute Gasteiger partial charge is 0.346 e. The summed E-state index contributed by atoms with van der Waals surface area (Å²) in [5.41, 5.74) is 2.18. The second kappa shape index (κ2) is 7.09. The Morgan fingerprint density at radius 1 is 1.00 bits per heavy atom. The van der Waals surface area contributed by atoms with Crippen molar-refractivity contribution in [3.8, 4) is 0 Å². The van der Waals surface area contributed by atoms with Gasteiger partial charge in [0.1, 0.15) is 0 Å². The number of carbonyl (C=O) groups excluding carboxylic acids is 2. The average Bonchev–Trinajstić information content (AvgIpc) is 2.48. The van der Waals surface area contributed by atoms with E-state index in [0.29, 0.717) is 16.3 Å². The van der Waals surface area contributed by atoms with Crippen LogP contribution in [0, 0.1) is 0 Å². The van der Waals surface area contributed by atoms with E-state index in [1.165, 1.54) is 6.92 Å². The zero-order valence-corrected chi connectivity index (χ0v) is 13.1. The molecule has 0 aliphatic carbocycles. The molecule has 0 radical (unpaired) electrons. The molecule has 1 unspecified atom stereocenters. The molecule has 114 valence electrons. The van der Waals surface area contributed by atoms with Crippen LogP contribution in [0.3, 0.4) is 0 Å². The Morgan fingerprint density at radius 3 is 2.14 bits per heavy atom. The molecule has 0 aliphatic rings. The summed E-state index contributed by atoms with van der Waals surface area (Å²) in [7, 11) is 0. The van der Waals surface area contributed by atoms with Crippen LogP contribution in [0.25, 0.3) is 0 Å². The third-order valence-corrected chi connectivity index (χ3v) is 3.44. The Balaban J connectivity index is 2.02. The molecule has 2 N–H and O–H groups in total. The van der Waals surface area contributed by atoms with Gasteiger partial charge in [0, 0.05) is 23.2 Å². The van der Waals surface area contributed by atoms with Crippen LogP contribution in [0.4, 0.5) is 5.69 Å². The van der Waals surface area contributed by atoms with Crippen molar-refractivity contribution in [1.29, 1.82) is 0 Å². The van der Waals surface area contributed by atoms with Gasteiger partial charge in [-0.05, 0) is 48.9 Å². The quantitative estimate of drug-likeness (QED) is 0.901. The SMILES string of the molecule is CC(=O)Nc1ccc(C(=O)NC(C)c2ccc(Cl)cc2)cc1. The number of anilines is 1. The van der Waals surface area contributed by atoms with Crippen molar-refractivity contribution in [2.24, 2.45) is 0 Å². The zero-order valence-electron chi connectivity index (χ0n) is 12.4. The molecule has 4 nitrogen and oxygen atoms in total. The topological polar surface area (TPSA) is 58.2 Å². The van der Waals surface area contributed by atoms with Crippen LogP contribution in [0.2, 0.25) is 5.02 Å². The van der Waals surface area contributed by atoms with Crippen molar-refractivity contribution < 1.29 is 9.59 Å². The van der Waals surface area contributed by atoms with Gasteiger partial charge in [0.15, 0.2) is 0 Å². The standard InChI is InChI=1S/C17H17ClN2O2/c1-11(13-3-7-15(18)8-4-13)19-17(22)14-5-9-16(10-6-14)20-12(2)21/h3-11H,1-2H3,(H,19,22)(H,20,21). The molecule has 22 heavy (non-hydrogen) atoms. The van der Waals surface area contributed by atoms with Crippen LogP contribution in [-0.2, 0) is 4.79 Å². The van der Waals surface area contributed by atoms with Crippen LogP contribution >= 0.6 is 11.6 Å². The second-order valence-corrected chi connectivity index (χ2v) is 5.44. The molecule has 2 aromatic rings. The summed E-state index contributed by atoms with van der Waals surface area (Å²) in [4.78, 5) is 23.2. The van der Waals surface area contributed by atoms with E-state index in [1.807, 2.05) is 19.1 Å². The maximum atomic E-state index is 12.2. The first-order valence-electron chi connectivity index (χ1n) is 6.89. The third kappa shape index (κ3) is 4.33. The molecule has 0 spiro atoms. The van der Waals surface area contributed by atoms with E-state index in [4.69, 9.17) is 11.6 Å². The van der Waals surface area contributed by atoms with Crippen LogP contribution in [0.5, 0.6) is 0 Å². The Morgan fingerprint density at radius 2 is 1.59 bits per heavy atom. The first-order valence-corrected chi connectivity index (χ1v) is 7.27. The molecule has 0 heterocycles. The summed E-state index contributed by atoms with van der Waals surface area (Å²) >= 11 is 5.85. The summed E-state index contributed by atoms with van der Waals surface area (Å²) in [6.07, 6.45) is 0. The van der Waals surface area contributed by atoms with Gasteiger partial charge in [0.2, 0.25) is 5.91 Å². The molecule has 0 aromatic heterocycles. The van der Waals surface area contributed by atoms with Crippen molar-refractivity contribution in [3.05, 3.63) is 64.7 Å². The number of hydrogen-bond donors (Lipinski definition) is 2. The first-order chi connectivity index (χ1) is 10.5. The fourth-order valence-electron chi connectivity index (χ4n) is 2.02. The predicted molar refractivity (Wildman–Crippen MR) is 88.1 cm³/mol. The van der Waals surface area contributed by atoms with E-state index in [2.05, 4.69) is 10.6 Å². The van der Waals surface area contributed by atoms with Crippen LogP contribution in [-0.4, -0.2) is 11.8 Å². The van der Waals surface area contributed by atoms with Gasteiger partial charge in [0.05, 0.1) is 6.04 Å². The lowest BCUT2D eigenvalue weighted by molar-refractivity contribution is -0.114. The van der Waals surface area contributed by atoms with Gasteiger partial charge in [-0.15, -0.1) is 0 Å². The second-order valence-electron chi connectivity index (χ2n) is 5.01. The Kier molecular flexibility index (Phi) is 5.17. The number of hydrogen-bond acceptors (Lipinski definition) is 2. The van der Waals surface area contributed by atoms with Crippen molar-refractivity contribution >= 4 is 29.1 Å². The highest BCUT2D eigenvalue weighted by molar-refractivity contribution is 6.30. The number of rotatable bonds is 4. The monoisotopic (exact) mass is 316 g/mol. The van der Waals surface area contributed by atoms with E-state index in [1.54, 1.807) is 36.4 Å².